The van der Waals surface area contributed by atoms with Crippen LogP contribution < -0.4 is 5.32 Å². The first kappa shape index (κ1) is 16.8. The number of anilines is 1. The standard InChI is InChI=1S/C15H18N2O6/c1-23-5-4-17-8-10-6-9(15(21)22)2-3-11(10)16-12(14(17)20)7-13(18)19/h2-3,6,12,16H,4-5,7-8H2,1H3,(H,18,19)(H,21,22). The molecule has 1 aliphatic heterocycles. The first-order valence-corrected chi connectivity index (χ1v) is 7.04. The molecule has 8 nitrogen and oxygen atoms in total. The Hall–Kier alpha value is -2.61. The summed E-state index contributed by atoms with van der Waals surface area (Å²) in [6.45, 7) is 0.797. The number of amides is 1. The van der Waals surface area contributed by atoms with Crippen molar-refractivity contribution in [2.75, 3.05) is 25.6 Å². The molecule has 0 aromatic heterocycles. The molecular weight excluding hydrogens is 304 g/mol. The average Bonchev–Trinajstić information content (AvgIpc) is 2.62. The molecule has 0 fully saturated rings. The lowest BCUT2D eigenvalue weighted by Gasteiger charge is -2.23. The van der Waals surface area contributed by atoms with Gasteiger partial charge in [-0.05, 0) is 23.8 Å². The number of hydrogen-bond acceptors (Lipinski definition) is 5. The van der Waals surface area contributed by atoms with Gasteiger partial charge in [-0.15, -0.1) is 0 Å². The second-order valence-corrected chi connectivity index (χ2v) is 5.22. The van der Waals surface area contributed by atoms with Crippen molar-refractivity contribution in [3.63, 3.8) is 0 Å². The number of carbonyl (C=O) groups excluding carboxylic acids is 1. The first-order chi connectivity index (χ1) is 10.9. The zero-order chi connectivity index (χ0) is 17.0. The van der Waals surface area contributed by atoms with Crippen LogP contribution in [0.2, 0.25) is 0 Å². The Balaban J connectivity index is 2.36. The van der Waals surface area contributed by atoms with E-state index in [9.17, 15) is 14.4 Å². The monoisotopic (exact) mass is 322 g/mol. The van der Waals surface area contributed by atoms with Crippen LogP contribution in [-0.2, 0) is 20.9 Å². The molecule has 1 heterocycles. The lowest BCUT2D eigenvalue weighted by Crippen LogP contribution is -2.42. The van der Waals surface area contributed by atoms with Crippen molar-refractivity contribution in [1.29, 1.82) is 0 Å². The second kappa shape index (κ2) is 7.10. The van der Waals surface area contributed by atoms with Gasteiger partial charge in [0.15, 0.2) is 0 Å². The predicted molar refractivity (Wildman–Crippen MR) is 80.4 cm³/mol. The van der Waals surface area contributed by atoms with Crippen LogP contribution in [-0.4, -0.2) is 59.3 Å². The van der Waals surface area contributed by atoms with Gasteiger partial charge in [0.05, 0.1) is 18.6 Å². The Bertz CT molecular complexity index is 630. The van der Waals surface area contributed by atoms with Gasteiger partial charge in [0.2, 0.25) is 5.91 Å². The van der Waals surface area contributed by atoms with Crippen molar-refractivity contribution < 1.29 is 29.3 Å². The van der Waals surface area contributed by atoms with E-state index in [1.165, 1.54) is 24.1 Å². The third-order valence-electron chi connectivity index (χ3n) is 3.60. The highest BCUT2D eigenvalue weighted by molar-refractivity contribution is 5.92. The largest absolute Gasteiger partial charge is 0.481 e. The predicted octanol–water partition coefficient (Wildman–Crippen LogP) is 0.629. The Morgan fingerprint density at radius 2 is 2.13 bits per heavy atom. The van der Waals surface area contributed by atoms with Crippen molar-refractivity contribution in [2.45, 2.75) is 19.0 Å². The quantitative estimate of drug-likeness (QED) is 0.703. The number of carbonyl (C=O) groups is 3. The van der Waals surface area contributed by atoms with E-state index >= 15 is 0 Å². The van der Waals surface area contributed by atoms with E-state index in [2.05, 4.69) is 5.32 Å². The molecule has 0 aliphatic carbocycles. The number of aromatic carboxylic acids is 1. The van der Waals surface area contributed by atoms with E-state index in [-0.39, 0.29) is 24.4 Å². The number of ether oxygens (including phenoxy) is 1. The maximum atomic E-state index is 12.5. The van der Waals surface area contributed by atoms with Crippen molar-refractivity contribution in [3.05, 3.63) is 29.3 Å². The number of fused-ring (bicyclic) bond motifs is 1. The van der Waals surface area contributed by atoms with Crippen LogP contribution >= 0.6 is 0 Å². The third kappa shape index (κ3) is 3.98. The minimum Gasteiger partial charge on any atom is -0.481 e. The molecule has 0 saturated carbocycles. The topological polar surface area (TPSA) is 116 Å². The van der Waals surface area contributed by atoms with Gasteiger partial charge in [-0.3, -0.25) is 9.59 Å². The summed E-state index contributed by atoms with van der Waals surface area (Å²) in [5.74, 6) is -2.50. The van der Waals surface area contributed by atoms with E-state index < -0.39 is 18.0 Å². The van der Waals surface area contributed by atoms with E-state index in [1.807, 2.05) is 0 Å². The van der Waals surface area contributed by atoms with Crippen LogP contribution in [0.1, 0.15) is 22.3 Å². The molecule has 1 unspecified atom stereocenters. The van der Waals surface area contributed by atoms with Crippen LogP contribution in [0.4, 0.5) is 5.69 Å². The Morgan fingerprint density at radius 1 is 1.39 bits per heavy atom. The highest BCUT2D eigenvalue weighted by atomic mass is 16.5. The lowest BCUT2D eigenvalue weighted by molar-refractivity contribution is -0.141. The molecule has 0 spiro atoms. The molecule has 0 saturated heterocycles. The number of nitrogens with one attached hydrogen (secondary N) is 1. The number of carboxylic acid groups (broad SMARTS) is 2. The maximum Gasteiger partial charge on any atom is 0.335 e. The average molecular weight is 322 g/mol. The highest BCUT2D eigenvalue weighted by Gasteiger charge is 2.30. The van der Waals surface area contributed by atoms with Gasteiger partial charge >= 0.3 is 11.9 Å². The minimum atomic E-state index is -1.09. The highest BCUT2D eigenvalue weighted by Crippen LogP contribution is 2.25. The number of methoxy groups -OCH3 is 1. The van der Waals surface area contributed by atoms with Crippen molar-refractivity contribution >= 4 is 23.5 Å². The second-order valence-electron chi connectivity index (χ2n) is 5.22. The summed E-state index contributed by atoms with van der Waals surface area (Å²) in [6.07, 6.45) is -0.359. The lowest BCUT2D eigenvalue weighted by atomic mass is 10.1. The molecule has 0 radical (unpaired) electrons. The summed E-state index contributed by atoms with van der Waals surface area (Å²) in [5, 5.41) is 21.0. The van der Waals surface area contributed by atoms with Gasteiger partial charge in [0, 0.05) is 25.9 Å². The molecule has 8 heteroatoms. The Labute approximate surface area is 132 Å². The summed E-state index contributed by atoms with van der Waals surface area (Å²) in [4.78, 5) is 36.1. The molecule has 1 atom stereocenters. The molecule has 1 aromatic rings. The summed E-state index contributed by atoms with van der Waals surface area (Å²) < 4.78 is 4.98. The molecule has 0 bridgehead atoms. The molecule has 1 aliphatic rings. The van der Waals surface area contributed by atoms with Gasteiger partial charge in [-0.25, -0.2) is 4.79 Å². The fourth-order valence-corrected chi connectivity index (χ4v) is 2.46. The van der Waals surface area contributed by atoms with Crippen LogP contribution in [0.25, 0.3) is 0 Å². The number of benzene rings is 1. The van der Waals surface area contributed by atoms with Gasteiger partial charge in [0.25, 0.3) is 0 Å². The van der Waals surface area contributed by atoms with Crippen molar-refractivity contribution in [1.82, 2.24) is 4.90 Å². The van der Waals surface area contributed by atoms with Gasteiger partial charge in [-0.2, -0.15) is 0 Å². The van der Waals surface area contributed by atoms with Crippen molar-refractivity contribution in [2.24, 2.45) is 0 Å². The number of hydrogen-bond donors (Lipinski definition) is 3. The van der Waals surface area contributed by atoms with Gasteiger partial charge in [0.1, 0.15) is 6.04 Å². The van der Waals surface area contributed by atoms with E-state index in [0.717, 1.165) is 0 Å². The van der Waals surface area contributed by atoms with Crippen LogP contribution in [0.15, 0.2) is 18.2 Å². The fraction of sp³-hybridized carbons (Fsp3) is 0.400. The van der Waals surface area contributed by atoms with E-state index in [1.54, 1.807) is 6.07 Å². The zero-order valence-electron chi connectivity index (χ0n) is 12.6. The third-order valence-corrected chi connectivity index (χ3v) is 3.60. The summed E-state index contributed by atoms with van der Waals surface area (Å²) >= 11 is 0. The molecule has 1 amide bonds. The summed E-state index contributed by atoms with van der Waals surface area (Å²) in [7, 11) is 1.51. The summed E-state index contributed by atoms with van der Waals surface area (Å²) in [6, 6.07) is 3.56. The van der Waals surface area contributed by atoms with Crippen molar-refractivity contribution in [3.8, 4) is 0 Å². The normalized spacial score (nSPS) is 17.2. The van der Waals surface area contributed by atoms with Crippen LogP contribution in [0.3, 0.4) is 0 Å². The number of carboxylic acids is 2. The smallest absolute Gasteiger partial charge is 0.335 e. The van der Waals surface area contributed by atoms with Crippen LogP contribution in [0, 0.1) is 0 Å². The summed E-state index contributed by atoms with van der Waals surface area (Å²) in [5.41, 5.74) is 1.30. The molecule has 23 heavy (non-hydrogen) atoms. The van der Waals surface area contributed by atoms with E-state index in [4.69, 9.17) is 14.9 Å². The Morgan fingerprint density at radius 3 is 2.74 bits per heavy atom. The molecule has 1 aromatic carbocycles. The molecular formula is C15H18N2O6. The SMILES string of the molecule is COCCN1Cc2cc(C(=O)O)ccc2NC(CC(=O)O)C1=O. The number of rotatable bonds is 6. The fourth-order valence-electron chi connectivity index (χ4n) is 2.46. The van der Waals surface area contributed by atoms with Gasteiger partial charge in [-0.1, -0.05) is 0 Å². The molecule has 2 rings (SSSR count). The first-order valence-electron chi connectivity index (χ1n) is 7.04. The molecule has 3 N–H and O–H groups in total. The zero-order valence-corrected chi connectivity index (χ0v) is 12.6. The van der Waals surface area contributed by atoms with Gasteiger partial charge < -0.3 is 25.2 Å². The minimum absolute atomic E-state index is 0.112. The molecule has 124 valence electrons. The van der Waals surface area contributed by atoms with Crippen LogP contribution in [0.5, 0.6) is 0 Å². The maximum absolute atomic E-state index is 12.5. The van der Waals surface area contributed by atoms with E-state index in [0.29, 0.717) is 24.4 Å². The number of aliphatic carboxylic acids is 1. The number of nitrogens with zero attached hydrogens (tertiary/aromatic N) is 1. The Kier molecular flexibility index (Phi) is 5.17.